The molecule has 0 saturated heterocycles. The van der Waals surface area contributed by atoms with Gasteiger partial charge in [-0.15, -0.1) is 0 Å². The lowest BCUT2D eigenvalue weighted by atomic mass is 9.76. The molecular formula is C30H28O9. The standard InChI is InChI=1S/C30H28O9/c1-17(31)36-25-15-27-23(13-19(25)9-11-34-3)30(22-8-6-5-7-21(22)29(33)39-30)24-14-20(10-12-35-4)26(37-18(2)32)16-28(24)38-27/h5-8,13-16H,9-12H2,1-4H3. The number of benzene rings is 3. The fraction of sp³-hybridized carbons (Fsp3) is 0.300. The predicted molar refractivity (Wildman–Crippen MR) is 138 cm³/mol. The molecule has 2 aliphatic heterocycles. The Labute approximate surface area is 225 Å². The van der Waals surface area contributed by atoms with Gasteiger partial charge in [-0.2, -0.15) is 0 Å². The largest absolute Gasteiger partial charge is 0.456 e. The quantitative estimate of drug-likeness (QED) is 0.307. The number of rotatable bonds is 8. The number of hydrogen-bond donors (Lipinski definition) is 0. The highest BCUT2D eigenvalue weighted by atomic mass is 16.6. The van der Waals surface area contributed by atoms with Gasteiger partial charge in [-0.1, -0.05) is 18.2 Å². The molecular weight excluding hydrogens is 504 g/mol. The van der Waals surface area contributed by atoms with Crippen LogP contribution in [0.15, 0.2) is 48.5 Å². The topological polar surface area (TPSA) is 107 Å². The molecule has 3 aromatic carbocycles. The van der Waals surface area contributed by atoms with E-state index in [2.05, 4.69) is 0 Å². The summed E-state index contributed by atoms with van der Waals surface area (Å²) < 4.78 is 34.2. The first-order chi connectivity index (χ1) is 18.8. The summed E-state index contributed by atoms with van der Waals surface area (Å²) in [6, 6.07) is 14.1. The summed E-state index contributed by atoms with van der Waals surface area (Å²) in [6.07, 6.45) is 0.880. The van der Waals surface area contributed by atoms with Crippen LogP contribution in [-0.4, -0.2) is 45.3 Å². The Morgan fingerprint density at radius 1 is 0.769 bits per heavy atom. The van der Waals surface area contributed by atoms with Crippen molar-refractivity contribution in [2.45, 2.75) is 32.3 Å². The smallest absolute Gasteiger partial charge is 0.340 e. The molecule has 2 heterocycles. The lowest BCUT2D eigenvalue weighted by Crippen LogP contribution is -2.33. The van der Waals surface area contributed by atoms with E-state index in [1.54, 1.807) is 38.5 Å². The van der Waals surface area contributed by atoms with Gasteiger partial charge in [0.05, 0.1) is 18.8 Å². The van der Waals surface area contributed by atoms with Gasteiger partial charge in [-0.05, 0) is 42.2 Å². The number of carbonyl (C=O) groups excluding carboxylic acids is 3. The number of carbonyl (C=O) groups is 3. The third-order valence-corrected chi connectivity index (χ3v) is 6.73. The molecule has 9 heteroatoms. The molecule has 2 aliphatic rings. The summed E-state index contributed by atoms with van der Waals surface area (Å²) in [5.41, 5.74) is 2.26. The molecule has 1 spiro atoms. The molecule has 39 heavy (non-hydrogen) atoms. The van der Waals surface area contributed by atoms with Gasteiger partial charge < -0.3 is 28.4 Å². The second-order valence-corrected chi connectivity index (χ2v) is 9.30. The van der Waals surface area contributed by atoms with E-state index in [0.717, 1.165) is 0 Å². The van der Waals surface area contributed by atoms with Gasteiger partial charge in [0.2, 0.25) is 0 Å². The van der Waals surface area contributed by atoms with E-state index in [0.29, 0.717) is 82.4 Å². The van der Waals surface area contributed by atoms with Crippen molar-refractivity contribution in [2.24, 2.45) is 0 Å². The maximum Gasteiger partial charge on any atom is 0.340 e. The molecule has 0 unspecified atom stereocenters. The summed E-state index contributed by atoms with van der Waals surface area (Å²) >= 11 is 0. The number of fused-ring (bicyclic) bond motifs is 6. The van der Waals surface area contributed by atoms with E-state index >= 15 is 0 Å². The van der Waals surface area contributed by atoms with E-state index in [1.807, 2.05) is 24.3 Å². The van der Waals surface area contributed by atoms with E-state index in [1.165, 1.54) is 13.8 Å². The van der Waals surface area contributed by atoms with E-state index < -0.39 is 23.5 Å². The fourth-order valence-corrected chi connectivity index (χ4v) is 5.13. The molecule has 0 N–H and O–H groups in total. The van der Waals surface area contributed by atoms with Crippen LogP contribution in [0.2, 0.25) is 0 Å². The average Bonchev–Trinajstić information content (AvgIpc) is 3.19. The molecule has 3 aromatic rings. The first-order valence-corrected chi connectivity index (χ1v) is 12.5. The first kappa shape index (κ1) is 26.4. The Hall–Kier alpha value is -4.21. The van der Waals surface area contributed by atoms with Crippen molar-refractivity contribution in [3.63, 3.8) is 0 Å². The molecule has 0 atom stereocenters. The van der Waals surface area contributed by atoms with Gasteiger partial charge in [0, 0.05) is 56.9 Å². The Kier molecular flexibility index (Phi) is 7.12. The second-order valence-electron chi connectivity index (χ2n) is 9.30. The van der Waals surface area contributed by atoms with Crippen LogP contribution in [0.1, 0.15) is 52.0 Å². The Balaban J connectivity index is 1.81. The van der Waals surface area contributed by atoms with Gasteiger partial charge in [0.25, 0.3) is 0 Å². The number of esters is 3. The van der Waals surface area contributed by atoms with Crippen LogP contribution in [0, 0.1) is 0 Å². The Morgan fingerprint density at radius 2 is 1.28 bits per heavy atom. The van der Waals surface area contributed by atoms with E-state index in [-0.39, 0.29) is 0 Å². The van der Waals surface area contributed by atoms with Gasteiger partial charge in [0.1, 0.15) is 23.0 Å². The van der Waals surface area contributed by atoms with E-state index in [4.69, 9.17) is 28.4 Å². The van der Waals surface area contributed by atoms with Crippen molar-refractivity contribution in [1.82, 2.24) is 0 Å². The molecule has 0 aliphatic carbocycles. The molecule has 202 valence electrons. The molecule has 0 radical (unpaired) electrons. The SMILES string of the molecule is COCCc1cc2c(cc1OC(C)=O)Oc1cc(OC(C)=O)c(CCOC)cc1C21OC(=O)c2ccccc21. The molecule has 5 rings (SSSR count). The molecule has 0 bridgehead atoms. The normalized spacial score (nSPS) is 14.1. The predicted octanol–water partition coefficient (Wildman–Crippen LogP) is 4.48. The van der Waals surface area contributed by atoms with Crippen molar-refractivity contribution < 1.29 is 42.8 Å². The average molecular weight is 533 g/mol. The number of methoxy groups -OCH3 is 2. The van der Waals surface area contributed by atoms with Gasteiger partial charge in [0.15, 0.2) is 5.60 Å². The highest BCUT2D eigenvalue weighted by Crippen LogP contribution is 2.58. The summed E-state index contributed by atoms with van der Waals surface area (Å²) in [4.78, 5) is 37.1. The van der Waals surface area contributed by atoms with E-state index in [9.17, 15) is 14.4 Å². The first-order valence-electron chi connectivity index (χ1n) is 12.5. The van der Waals surface area contributed by atoms with Crippen molar-refractivity contribution in [3.8, 4) is 23.0 Å². The highest BCUT2D eigenvalue weighted by molar-refractivity contribution is 5.97. The number of hydrogen-bond acceptors (Lipinski definition) is 9. The number of ether oxygens (including phenoxy) is 6. The summed E-state index contributed by atoms with van der Waals surface area (Å²) in [5, 5.41) is 0. The van der Waals surface area contributed by atoms with Crippen molar-refractivity contribution in [3.05, 3.63) is 81.9 Å². The van der Waals surface area contributed by atoms with Crippen LogP contribution >= 0.6 is 0 Å². The van der Waals surface area contributed by atoms with Gasteiger partial charge >= 0.3 is 17.9 Å². The van der Waals surface area contributed by atoms with Crippen molar-refractivity contribution >= 4 is 17.9 Å². The minimum Gasteiger partial charge on any atom is -0.456 e. The summed E-state index contributed by atoms with van der Waals surface area (Å²) in [7, 11) is 3.17. The van der Waals surface area contributed by atoms with Crippen LogP contribution in [0.25, 0.3) is 0 Å². The van der Waals surface area contributed by atoms with Gasteiger partial charge in [-0.3, -0.25) is 9.59 Å². The second kappa shape index (κ2) is 10.5. The molecule has 0 aromatic heterocycles. The minimum atomic E-state index is -1.36. The Bertz CT molecular complexity index is 1400. The van der Waals surface area contributed by atoms with Crippen LogP contribution in [-0.2, 0) is 42.2 Å². The fourth-order valence-electron chi connectivity index (χ4n) is 5.13. The molecule has 0 fully saturated rings. The van der Waals surface area contributed by atoms with Crippen molar-refractivity contribution in [1.29, 1.82) is 0 Å². The Morgan fingerprint density at radius 3 is 1.77 bits per heavy atom. The maximum absolute atomic E-state index is 13.3. The zero-order valence-electron chi connectivity index (χ0n) is 22.1. The third-order valence-electron chi connectivity index (χ3n) is 6.73. The lowest BCUT2D eigenvalue weighted by molar-refractivity contribution is -0.132. The summed E-state index contributed by atoms with van der Waals surface area (Å²) in [6.45, 7) is 3.39. The molecule has 0 saturated carbocycles. The molecule has 9 nitrogen and oxygen atoms in total. The highest BCUT2D eigenvalue weighted by Gasteiger charge is 2.54. The van der Waals surface area contributed by atoms with Crippen LogP contribution in [0.3, 0.4) is 0 Å². The van der Waals surface area contributed by atoms with Crippen molar-refractivity contribution in [2.75, 3.05) is 27.4 Å². The summed E-state index contributed by atoms with van der Waals surface area (Å²) in [5.74, 6) is -0.160. The zero-order chi connectivity index (χ0) is 27.7. The lowest BCUT2D eigenvalue weighted by Gasteiger charge is -2.37. The van der Waals surface area contributed by atoms with Crippen LogP contribution in [0.5, 0.6) is 23.0 Å². The maximum atomic E-state index is 13.3. The third kappa shape index (κ3) is 4.64. The molecule has 0 amide bonds. The monoisotopic (exact) mass is 532 g/mol. The minimum absolute atomic E-state index is 0.312. The van der Waals surface area contributed by atoms with Crippen LogP contribution < -0.4 is 14.2 Å². The zero-order valence-corrected chi connectivity index (χ0v) is 22.1. The van der Waals surface area contributed by atoms with Crippen LogP contribution in [0.4, 0.5) is 0 Å². The van der Waals surface area contributed by atoms with Gasteiger partial charge in [-0.25, -0.2) is 4.79 Å².